The van der Waals surface area contributed by atoms with E-state index in [2.05, 4.69) is 15.5 Å². The van der Waals surface area contributed by atoms with E-state index in [0.29, 0.717) is 30.3 Å². The number of ether oxygens (including phenoxy) is 1. The van der Waals surface area contributed by atoms with Gasteiger partial charge in [-0.05, 0) is 38.5 Å². The van der Waals surface area contributed by atoms with Crippen LogP contribution in [0.25, 0.3) is 10.2 Å². The molecule has 0 saturated carbocycles. The molecule has 1 aromatic carbocycles. The molecule has 12 heteroatoms. The third-order valence-electron chi connectivity index (χ3n) is 4.31. The fourth-order valence-corrected chi connectivity index (χ4v) is 5.15. The molecule has 0 spiro atoms. The molecule has 0 aliphatic carbocycles. The van der Waals surface area contributed by atoms with E-state index in [1.807, 2.05) is 36.6 Å². The monoisotopic (exact) mass is 480 g/mol. The zero-order valence-electron chi connectivity index (χ0n) is 18.0. The predicted molar refractivity (Wildman–Crippen MR) is 120 cm³/mol. The van der Waals surface area contributed by atoms with Crippen LogP contribution < -0.4 is 10.1 Å². The number of nitrogens with one attached hydrogen (secondary N) is 1. The topological polar surface area (TPSA) is 133 Å². The van der Waals surface area contributed by atoms with Crippen molar-refractivity contribution in [2.24, 2.45) is 4.99 Å². The van der Waals surface area contributed by atoms with Gasteiger partial charge in [0.25, 0.3) is 5.91 Å². The maximum Gasteiger partial charge on any atom is 0.263 e. The number of aryl methyl sites for hydroxylation is 2. The number of sulfone groups is 1. The Morgan fingerprint density at radius 1 is 1.25 bits per heavy atom. The molecule has 3 aromatic rings. The van der Waals surface area contributed by atoms with Crippen LogP contribution in [-0.2, 0) is 30.7 Å². The predicted octanol–water partition coefficient (Wildman–Crippen LogP) is 1.82. The molecule has 32 heavy (non-hydrogen) atoms. The van der Waals surface area contributed by atoms with Crippen molar-refractivity contribution < 1.29 is 27.3 Å². The van der Waals surface area contributed by atoms with Crippen LogP contribution in [0.15, 0.2) is 33.8 Å². The minimum atomic E-state index is -4.03. The number of benzene rings is 1. The molecule has 10 nitrogen and oxygen atoms in total. The van der Waals surface area contributed by atoms with Crippen molar-refractivity contribution in [3.8, 4) is 0 Å². The summed E-state index contributed by atoms with van der Waals surface area (Å²) in [5, 5.41) is 5.89. The van der Waals surface area contributed by atoms with Crippen molar-refractivity contribution in [1.82, 2.24) is 9.72 Å². The van der Waals surface area contributed by atoms with E-state index < -0.39 is 33.2 Å². The van der Waals surface area contributed by atoms with Crippen LogP contribution in [0, 0.1) is 13.8 Å². The number of thiazole rings is 1. The molecule has 1 N–H and O–H groups in total. The molecule has 0 aliphatic heterocycles. The zero-order valence-corrected chi connectivity index (χ0v) is 19.6. The molecule has 2 heterocycles. The molecule has 2 aromatic heterocycles. The number of nitrogens with zero attached hydrogens (tertiary/aromatic N) is 3. The Bertz CT molecular complexity index is 1300. The number of fused-ring (bicyclic) bond motifs is 1. The Balaban J connectivity index is 1.77. The first-order valence-corrected chi connectivity index (χ1v) is 12.5. The van der Waals surface area contributed by atoms with Crippen LogP contribution in [0.3, 0.4) is 0 Å². The summed E-state index contributed by atoms with van der Waals surface area (Å²) in [6.45, 7) is 6.94. The third kappa shape index (κ3) is 6.34. The second kappa shape index (κ2) is 10.2. The first kappa shape index (κ1) is 23.8. The smallest absolute Gasteiger partial charge is 0.263 e. The number of carbonyl (C=O) groups is 2. The van der Waals surface area contributed by atoms with Gasteiger partial charge in [-0.2, -0.15) is 4.99 Å². The van der Waals surface area contributed by atoms with Gasteiger partial charge in [0.15, 0.2) is 20.5 Å². The Kier molecular flexibility index (Phi) is 7.59. The second-order valence-electron chi connectivity index (χ2n) is 7.11. The van der Waals surface area contributed by atoms with Gasteiger partial charge in [-0.25, -0.2) is 8.42 Å². The first-order valence-electron chi connectivity index (χ1n) is 9.86. The number of aromatic nitrogens is 2. The van der Waals surface area contributed by atoms with Crippen molar-refractivity contribution in [2.75, 3.05) is 30.0 Å². The molecular formula is C20H24N4O6S2. The fourth-order valence-electron chi connectivity index (χ4n) is 2.96. The van der Waals surface area contributed by atoms with E-state index in [-0.39, 0.29) is 5.82 Å². The summed E-state index contributed by atoms with van der Waals surface area (Å²) < 4.78 is 37.7. The minimum absolute atomic E-state index is 0.106. The van der Waals surface area contributed by atoms with Crippen LogP contribution in [0.4, 0.5) is 5.82 Å². The molecule has 172 valence electrons. The van der Waals surface area contributed by atoms with Crippen LogP contribution >= 0.6 is 11.3 Å². The van der Waals surface area contributed by atoms with Gasteiger partial charge >= 0.3 is 0 Å². The average Bonchev–Trinajstić information content (AvgIpc) is 3.23. The summed E-state index contributed by atoms with van der Waals surface area (Å²) in [4.78, 5) is 28.9. The largest absolute Gasteiger partial charge is 0.380 e. The van der Waals surface area contributed by atoms with Crippen molar-refractivity contribution in [3.63, 3.8) is 0 Å². The lowest BCUT2D eigenvalue weighted by atomic mass is 10.2. The number of rotatable bonds is 9. The first-order chi connectivity index (χ1) is 15.2. The highest BCUT2D eigenvalue weighted by atomic mass is 32.2. The fraction of sp³-hybridized carbons (Fsp3) is 0.400. The number of hydrogen-bond acceptors (Lipinski definition) is 8. The number of carbonyl (C=O) groups excluding carboxylic acids is 2. The highest BCUT2D eigenvalue weighted by molar-refractivity contribution is 7.92. The van der Waals surface area contributed by atoms with E-state index in [1.54, 1.807) is 6.92 Å². The maximum absolute atomic E-state index is 12.5. The Morgan fingerprint density at radius 2 is 2.03 bits per heavy atom. The minimum Gasteiger partial charge on any atom is -0.380 e. The Morgan fingerprint density at radius 3 is 2.72 bits per heavy atom. The molecule has 0 fully saturated rings. The van der Waals surface area contributed by atoms with Gasteiger partial charge in [0, 0.05) is 19.2 Å². The number of hydrogen-bond donors (Lipinski definition) is 1. The Labute approximate surface area is 188 Å². The van der Waals surface area contributed by atoms with Gasteiger partial charge in [-0.3, -0.25) is 9.59 Å². The van der Waals surface area contributed by atoms with Gasteiger partial charge in [-0.15, -0.1) is 0 Å². The highest BCUT2D eigenvalue weighted by Gasteiger charge is 2.22. The quantitative estimate of drug-likeness (QED) is 0.462. The number of amides is 2. The van der Waals surface area contributed by atoms with Crippen molar-refractivity contribution in [2.45, 2.75) is 27.3 Å². The average molecular weight is 481 g/mol. The standard InChI is InChI=1S/C20H24N4O6S2/c1-4-29-8-7-24-15-6-5-13(2)9-16(15)31-20(24)22-19(26)12-32(27,28)11-18(25)21-17-10-14(3)30-23-17/h5-6,9-10H,4,7-8,11-12H2,1-3H3,(H,21,23,25). The van der Waals surface area contributed by atoms with Crippen molar-refractivity contribution >= 4 is 49.0 Å². The van der Waals surface area contributed by atoms with Crippen LogP contribution in [-0.4, -0.2) is 54.7 Å². The number of anilines is 1. The van der Waals surface area contributed by atoms with Crippen molar-refractivity contribution in [1.29, 1.82) is 0 Å². The van der Waals surface area contributed by atoms with Crippen LogP contribution in [0.2, 0.25) is 0 Å². The van der Waals surface area contributed by atoms with E-state index in [9.17, 15) is 18.0 Å². The van der Waals surface area contributed by atoms with Crippen molar-refractivity contribution in [3.05, 3.63) is 40.4 Å². The lowest BCUT2D eigenvalue weighted by Crippen LogP contribution is -2.28. The zero-order chi connectivity index (χ0) is 23.3. The van der Waals surface area contributed by atoms with E-state index >= 15 is 0 Å². The molecule has 0 atom stereocenters. The summed E-state index contributed by atoms with van der Waals surface area (Å²) >= 11 is 1.30. The van der Waals surface area contributed by atoms with Crippen LogP contribution in [0.1, 0.15) is 18.2 Å². The lowest BCUT2D eigenvalue weighted by molar-refractivity contribution is -0.115. The molecule has 0 unspecified atom stereocenters. The van der Waals surface area contributed by atoms with Gasteiger partial charge < -0.3 is 19.1 Å². The molecule has 0 radical (unpaired) electrons. The molecule has 3 rings (SSSR count). The summed E-state index contributed by atoms with van der Waals surface area (Å²) in [6, 6.07) is 7.32. The molecule has 0 saturated heterocycles. The van der Waals surface area contributed by atoms with E-state index in [0.717, 1.165) is 15.8 Å². The lowest BCUT2D eigenvalue weighted by Gasteiger charge is -2.06. The third-order valence-corrected chi connectivity index (χ3v) is 6.74. The van der Waals surface area contributed by atoms with Gasteiger partial charge in [0.05, 0.1) is 16.8 Å². The summed E-state index contributed by atoms with van der Waals surface area (Å²) in [6.07, 6.45) is 0. The Hall–Kier alpha value is -2.83. The molecular weight excluding hydrogens is 456 g/mol. The summed E-state index contributed by atoms with van der Waals surface area (Å²) in [7, 11) is -4.03. The van der Waals surface area contributed by atoms with Gasteiger partial charge in [0.2, 0.25) is 5.91 Å². The molecule has 0 bridgehead atoms. The SMILES string of the molecule is CCOCCn1c(=NC(=O)CS(=O)(=O)CC(=O)Nc2cc(C)on2)sc2cc(C)ccc21. The van der Waals surface area contributed by atoms with Gasteiger partial charge in [0.1, 0.15) is 17.3 Å². The normalized spacial score (nSPS) is 12.4. The van der Waals surface area contributed by atoms with E-state index in [4.69, 9.17) is 9.26 Å². The maximum atomic E-state index is 12.5. The summed E-state index contributed by atoms with van der Waals surface area (Å²) in [5.74, 6) is -2.82. The second-order valence-corrected chi connectivity index (χ2v) is 10.2. The van der Waals surface area contributed by atoms with E-state index in [1.165, 1.54) is 17.4 Å². The highest BCUT2D eigenvalue weighted by Crippen LogP contribution is 2.19. The molecule has 2 amide bonds. The van der Waals surface area contributed by atoms with Crippen LogP contribution in [0.5, 0.6) is 0 Å². The summed E-state index contributed by atoms with van der Waals surface area (Å²) in [5.41, 5.74) is 1.95. The molecule has 0 aliphatic rings. The van der Waals surface area contributed by atoms with Gasteiger partial charge in [-0.1, -0.05) is 22.6 Å².